The van der Waals surface area contributed by atoms with E-state index in [1.54, 1.807) is 0 Å². The lowest BCUT2D eigenvalue weighted by Gasteiger charge is -2.23. The largest absolute Gasteiger partial charge is 0.341 e. The Bertz CT molecular complexity index is 773. The fourth-order valence-corrected chi connectivity index (χ4v) is 4.17. The van der Waals surface area contributed by atoms with Gasteiger partial charge in [0.05, 0.1) is 6.54 Å². The van der Waals surface area contributed by atoms with Crippen LogP contribution < -0.4 is 0 Å². The maximum atomic E-state index is 12.9. The Balaban J connectivity index is 1.32. The van der Waals surface area contributed by atoms with Gasteiger partial charge >= 0.3 is 0 Å². The summed E-state index contributed by atoms with van der Waals surface area (Å²) in [7, 11) is 0. The normalized spacial score (nSPS) is 20.8. The van der Waals surface area contributed by atoms with E-state index < -0.39 is 0 Å². The molecule has 1 aromatic heterocycles. The van der Waals surface area contributed by atoms with Crippen LogP contribution in [0, 0.1) is 6.92 Å². The number of carbonyl (C=O) groups is 1. The molecule has 2 aromatic rings. The summed E-state index contributed by atoms with van der Waals surface area (Å²) < 4.78 is 5.22. The first-order valence-electron chi connectivity index (χ1n) is 9.56. The van der Waals surface area contributed by atoms with Crippen LogP contribution in [-0.4, -0.2) is 52.0 Å². The summed E-state index contributed by atoms with van der Waals surface area (Å²) >= 11 is 0. The average Bonchev–Trinajstić information content (AvgIpc) is 3.15. The molecule has 138 valence electrons. The Kier molecular flexibility index (Phi) is 5.02. The number of nitrogens with zero attached hydrogens (tertiary/aromatic N) is 4. The van der Waals surface area contributed by atoms with Gasteiger partial charge in [0.25, 0.3) is 0 Å². The second-order valence-corrected chi connectivity index (χ2v) is 7.38. The van der Waals surface area contributed by atoms with Crippen LogP contribution in [0.1, 0.15) is 48.0 Å². The number of aromatic nitrogens is 2. The van der Waals surface area contributed by atoms with Crippen LogP contribution in [0.5, 0.6) is 0 Å². The maximum absolute atomic E-state index is 12.9. The van der Waals surface area contributed by atoms with Gasteiger partial charge in [-0.1, -0.05) is 29.4 Å². The van der Waals surface area contributed by atoms with Crippen molar-refractivity contribution in [1.29, 1.82) is 0 Å². The van der Waals surface area contributed by atoms with Crippen LogP contribution in [0.15, 0.2) is 28.8 Å². The third-order valence-corrected chi connectivity index (χ3v) is 5.55. The number of fused-ring (bicyclic) bond motifs is 1. The van der Waals surface area contributed by atoms with Crippen LogP contribution in [0.2, 0.25) is 0 Å². The predicted molar refractivity (Wildman–Crippen MR) is 97.6 cm³/mol. The van der Waals surface area contributed by atoms with Gasteiger partial charge in [-0.25, -0.2) is 0 Å². The van der Waals surface area contributed by atoms with Gasteiger partial charge in [0.1, 0.15) is 0 Å². The van der Waals surface area contributed by atoms with Gasteiger partial charge < -0.3 is 9.42 Å². The van der Waals surface area contributed by atoms with Crippen molar-refractivity contribution in [3.63, 3.8) is 0 Å². The molecule has 1 atom stereocenters. The molecule has 0 N–H and O–H groups in total. The fourth-order valence-electron chi connectivity index (χ4n) is 4.17. The Hall–Kier alpha value is -2.21. The zero-order valence-corrected chi connectivity index (χ0v) is 15.4. The lowest BCUT2D eigenvalue weighted by molar-refractivity contribution is -0.131. The Labute approximate surface area is 154 Å². The second-order valence-electron chi connectivity index (χ2n) is 7.38. The zero-order valence-electron chi connectivity index (χ0n) is 15.4. The van der Waals surface area contributed by atoms with E-state index in [4.69, 9.17) is 4.52 Å². The van der Waals surface area contributed by atoms with Gasteiger partial charge in [0.2, 0.25) is 11.8 Å². The standard InChI is InChI=1S/C20H26N4O2/c1-15-21-19(26-22-15)14-23-9-4-10-24(12-11-23)20(25)13-17-8-7-16-5-2-3-6-18(16)17/h2-3,5-6,17H,4,7-14H2,1H3. The van der Waals surface area contributed by atoms with Gasteiger partial charge in [0, 0.05) is 32.6 Å². The van der Waals surface area contributed by atoms with E-state index >= 15 is 0 Å². The summed E-state index contributed by atoms with van der Waals surface area (Å²) in [6.07, 6.45) is 3.83. The highest BCUT2D eigenvalue weighted by Crippen LogP contribution is 2.35. The molecule has 2 aliphatic rings. The van der Waals surface area contributed by atoms with Gasteiger partial charge in [-0.2, -0.15) is 4.98 Å². The quantitative estimate of drug-likeness (QED) is 0.844. The predicted octanol–water partition coefficient (Wildman–Crippen LogP) is 2.53. The number of amides is 1. The van der Waals surface area contributed by atoms with Crippen LogP contribution in [0.25, 0.3) is 0 Å². The molecule has 6 nitrogen and oxygen atoms in total. The number of carbonyl (C=O) groups excluding carboxylic acids is 1. The van der Waals surface area contributed by atoms with E-state index in [1.165, 1.54) is 11.1 Å². The first-order chi connectivity index (χ1) is 12.7. The van der Waals surface area contributed by atoms with E-state index in [0.29, 0.717) is 36.5 Å². The Morgan fingerprint density at radius 2 is 2.12 bits per heavy atom. The first-order valence-corrected chi connectivity index (χ1v) is 9.56. The summed E-state index contributed by atoms with van der Waals surface area (Å²) in [4.78, 5) is 21.5. The van der Waals surface area contributed by atoms with Gasteiger partial charge in [-0.15, -0.1) is 0 Å². The smallest absolute Gasteiger partial charge is 0.240 e. The molecule has 1 aliphatic carbocycles. The van der Waals surface area contributed by atoms with Crippen molar-refractivity contribution in [2.75, 3.05) is 26.2 Å². The van der Waals surface area contributed by atoms with Crippen LogP contribution in [0.4, 0.5) is 0 Å². The number of benzene rings is 1. The molecular formula is C20H26N4O2. The zero-order chi connectivity index (χ0) is 17.9. The third kappa shape index (κ3) is 3.80. The first kappa shape index (κ1) is 17.2. The molecule has 0 bridgehead atoms. The summed E-state index contributed by atoms with van der Waals surface area (Å²) in [5.74, 6) is 2.01. The molecule has 4 rings (SSSR count). The highest BCUT2D eigenvalue weighted by Gasteiger charge is 2.27. The van der Waals surface area contributed by atoms with Gasteiger partial charge in [-0.05, 0) is 43.2 Å². The minimum absolute atomic E-state index is 0.294. The van der Waals surface area contributed by atoms with E-state index in [1.807, 2.05) is 11.8 Å². The van der Waals surface area contributed by atoms with E-state index in [2.05, 4.69) is 39.3 Å². The van der Waals surface area contributed by atoms with Crippen molar-refractivity contribution >= 4 is 5.91 Å². The molecular weight excluding hydrogens is 328 g/mol. The maximum Gasteiger partial charge on any atom is 0.240 e. The number of hydrogen-bond donors (Lipinski definition) is 0. The summed E-state index contributed by atoms with van der Waals surface area (Å²) in [5, 5.41) is 3.85. The van der Waals surface area contributed by atoms with Crippen LogP contribution >= 0.6 is 0 Å². The Morgan fingerprint density at radius 1 is 1.23 bits per heavy atom. The highest BCUT2D eigenvalue weighted by atomic mass is 16.5. The second kappa shape index (κ2) is 7.58. The van der Waals surface area contributed by atoms with Crippen molar-refractivity contribution in [1.82, 2.24) is 19.9 Å². The van der Waals surface area contributed by atoms with E-state index in [-0.39, 0.29) is 0 Å². The Morgan fingerprint density at radius 3 is 2.96 bits per heavy atom. The van der Waals surface area contributed by atoms with Crippen molar-refractivity contribution in [3.05, 3.63) is 47.1 Å². The fraction of sp³-hybridized carbons (Fsp3) is 0.550. The third-order valence-electron chi connectivity index (χ3n) is 5.55. The van der Waals surface area contributed by atoms with E-state index in [0.717, 1.165) is 45.4 Å². The minimum Gasteiger partial charge on any atom is -0.341 e. The number of aryl methyl sites for hydroxylation is 2. The van der Waals surface area contributed by atoms with Gasteiger partial charge in [0.15, 0.2) is 5.82 Å². The van der Waals surface area contributed by atoms with Crippen molar-refractivity contribution in [3.8, 4) is 0 Å². The molecule has 1 fully saturated rings. The van der Waals surface area contributed by atoms with Crippen molar-refractivity contribution in [2.24, 2.45) is 0 Å². The van der Waals surface area contributed by atoms with E-state index in [9.17, 15) is 4.79 Å². The average molecular weight is 354 g/mol. The molecule has 1 aromatic carbocycles. The van der Waals surface area contributed by atoms with Gasteiger partial charge in [-0.3, -0.25) is 9.69 Å². The summed E-state index contributed by atoms with van der Waals surface area (Å²) in [6.45, 7) is 5.93. The summed E-state index contributed by atoms with van der Waals surface area (Å²) in [5.41, 5.74) is 2.80. The lowest BCUT2D eigenvalue weighted by Crippen LogP contribution is -2.35. The summed E-state index contributed by atoms with van der Waals surface area (Å²) in [6, 6.07) is 8.57. The molecule has 6 heteroatoms. The molecule has 1 aliphatic heterocycles. The molecule has 0 spiro atoms. The molecule has 0 saturated carbocycles. The molecule has 1 unspecified atom stereocenters. The van der Waals surface area contributed by atoms with Crippen LogP contribution in [0.3, 0.4) is 0 Å². The molecule has 0 radical (unpaired) electrons. The minimum atomic E-state index is 0.294. The monoisotopic (exact) mass is 354 g/mol. The highest BCUT2D eigenvalue weighted by molar-refractivity contribution is 5.77. The number of rotatable bonds is 4. The van der Waals surface area contributed by atoms with Crippen LogP contribution in [-0.2, 0) is 17.8 Å². The molecule has 1 amide bonds. The lowest BCUT2D eigenvalue weighted by atomic mass is 9.97. The van der Waals surface area contributed by atoms with Crippen molar-refractivity contribution in [2.45, 2.75) is 45.1 Å². The number of hydrogen-bond acceptors (Lipinski definition) is 5. The SMILES string of the molecule is Cc1noc(CN2CCCN(C(=O)CC3CCc4ccccc43)CC2)n1. The van der Waals surface area contributed by atoms with Crippen molar-refractivity contribution < 1.29 is 9.32 Å². The topological polar surface area (TPSA) is 62.5 Å². The molecule has 26 heavy (non-hydrogen) atoms. The molecule has 2 heterocycles. The molecule has 1 saturated heterocycles.